The molecule has 2 heterocycles. The van der Waals surface area contributed by atoms with Crippen LogP contribution < -0.4 is 10.6 Å². The predicted molar refractivity (Wildman–Crippen MR) is 80.5 cm³/mol. The van der Waals surface area contributed by atoms with Gasteiger partial charge in [0.2, 0.25) is 0 Å². The van der Waals surface area contributed by atoms with Crippen LogP contribution in [0.25, 0.3) is 0 Å². The first-order chi connectivity index (χ1) is 9.81. The van der Waals surface area contributed by atoms with Crippen LogP contribution in [0.2, 0.25) is 5.15 Å². The van der Waals surface area contributed by atoms with Crippen molar-refractivity contribution in [2.75, 3.05) is 25.0 Å². The molecule has 3 rings (SSSR count). The molecule has 1 aromatic carbocycles. The largest absolute Gasteiger partial charge is 0.371 e. The normalized spacial score (nSPS) is 18.8. The number of halogens is 1. The average Bonchev–Trinajstić information content (AvgIpc) is 2.51. The van der Waals surface area contributed by atoms with Crippen LogP contribution in [0.4, 0.5) is 11.4 Å². The molecule has 1 aromatic heterocycles. The van der Waals surface area contributed by atoms with Gasteiger partial charge in [0.15, 0.2) is 0 Å². The fourth-order valence-corrected chi connectivity index (χ4v) is 2.29. The topological polar surface area (TPSA) is 46.2 Å². The van der Waals surface area contributed by atoms with Crippen molar-refractivity contribution in [2.45, 2.75) is 6.10 Å². The summed E-state index contributed by atoms with van der Waals surface area (Å²) in [5, 5.41) is 7.11. The van der Waals surface area contributed by atoms with Crippen LogP contribution in [0.3, 0.4) is 0 Å². The number of aromatic nitrogens is 1. The number of hydrogen-bond acceptors (Lipinski definition) is 4. The minimum Gasteiger partial charge on any atom is -0.371 e. The first-order valence-electron chi connectivity index (χ1n) is 6.62. The van der Waals surface area contributed by atoms with E-state index in [9.17, 15) is 0 Å². The Balaban J connectivity index is 1.67. The van der Waals surface area contributed by atoms with E-state index in [1.165, 1.54) is 5.56 Å². The van der Waals surface area contributed by atoms with Crippen molar-refractivity contribution in [3.63, 3.8) is 0 Å². The second kappa shape index (κ2) is 6.22. The minimum absolute atomic E-state index is 0.148. The van der Waals surface area contributed by atoms with Crippen molar-refractivity contribution in [1.29, 1.82) is 0 Å². The maximum atomic E-state index is 5.76. The zero-order valence-electron chi connectivity index (χ0n) is 11.0. The van der Waals surface area contributed by atoms with Gasteiger partial charge in [0.25, 0.3) is 0 Å². The summed E-state index contributed by atoms with van der Waals surface area (Å²) in [5.41, 5.74) is 3.12. The molecule has 2 N–H and O–H groups in total. The Morgan fingerprint density at radius 2 is 1.95 bits per heavy atom. The molecule has 0 saturated carbocycles. The van der Waals surface area contributed by atoms with Crippen molar-refractivity contribution < 1.29 is 4.74 Å². The molecule has 0 aliphatic carbocycles. The lowest BCUT2D eigenvalue weighted by atomic mass is 10.1. The van der Waals surface area contributed by atoms with E-state index in [-0.39, 0.29) is 6.10 Å². The van der Waals surface area contributed by atoms with E-state index in [1.54, 1.807) is 12.3 Å². The van der Waals surface area contributed by atoms with Crippen LogP contribution in [0.5, 0.6) is 0 Å². The number of pyridine rings is 1. The molecule has 2 aromatic rings. The Labute approximate surface area is 123 Å². The number of rotatable bonds is 3. The molecule has 4 nitrogen and oxygen atoms in total. The Hall–Kier alpha value is -1.62. The summed E-state index contributed by atoms with van der Waals surface area (Å²) in [5.74, 6) is 0. The number of ether oxygens (including phenoxy) is 1. The summed E-state index contributed by atoms with van der Waals surface area (Å²) in [6, 6.07) is 11.9. The van der Waals surface area contributed by atoms with Crippen LogP contribution in [0, 0.1) is 0 Å². The number of anilines is 2. The van der Waals surface area contributed by atoms with E-state index in [4.69, 9.17) is 16.3 Å². The summed E-state index contributed by atoms with van der Waals surface area (Å²) in [6.07, 6.45) is 1.86. The van der Waals surface area contributed by atoms with Gasteiger partial charge in [0.1, 0.15) is 5.15 Å². The van der Waals surface area contributed by atoms with E-state index in [0.29, 0.717) is 5.15 Å². The molecule has 1 aliphatic rings. The Morgan fingerprint density at radius 3 is 2.60 bits per heavy atom. The highest BCUT2D eigenvalue weighted by molar-refractivity contribution is 6.29. The van der Waals surface area contributed by atoms with Crippen molar-refractivity contribution in [3.05, 3.63) is 53.3 Å². The Morgan fingerprint density at radius 1 is 1.15 bits per heavy atom. The summed E-state index contributed by atoms with van der Waals surface area (Å²) in [6.45, 7) is 2.56. The fourth-order valence-electron chi connectivity index (χ4n) is 2.18. The number of benzene rings is 1. The molecule has 1 saturated heterocycles. The average molecular weight is 290 g/mol. The lowest BCUT2D eigenvalue weighted by Gasteiger charge is -2.24. The maximum absolute atomic E-state index is 5.76. The standard InChI is InChI=1S/C15H16ClN3O/c16-15-6-5-13(9-18-15)19-12-3-1-11(2-4-12)14-10-17-7-8-20-14/h1-6,9,14,17,19H,7-8,10H2/t14-/m0/s1. The van der Waals surface area contributed by atoms with Gasteiger partial charge < -0.3 is 15.4 Å². The Bertz CT molecular complexity index is 550. The third-order valence-corrected chi connectivity index (χ3v) is 3.45. The van der Waals surface area contributed by atoms with Gasteiger partial charge in [-0.2, -0.15) is 0 Å². The number of nitrogens with zero attached hydrogens (tertiary/aromatic N) is 1. The highest BCUT2D eigenvalue weighted by Crippen LogP contribution is 2.22. The lowest BCUT2D eigenvalue weighted by Crippen LogP contribution is -2.33. The Kier molecular flexibility index (Phi) is 4.16. The van der Waals surface area contributed by atoms with E-state index in [2.05, 4.69) is 27.8 Å². The van der Waals surface area contributed by atoms with Gasteiger partial charge in [0, 0.05) is 18.8 Å². The maximum Gasteiger partial charge on any atom is 0.129 e. The molecule has 0 radical (unpaired) electrons. The van der Waals surface area contributed by atoms with Gasteiger partial charge in [-0.3, -0.25) is 0 Å². The van der Waals surface area contributed by atoms with E-state index < -0.39 is 0 Å². The van der Waals surface area contributed by atoms with Gasteiger partial charge in [0.05, 0.1) is 24.6 Å². The predicted octanol–water partition coefficient (Wildman–Crippen LogP) is 3.14. The molecule has 0 unspecified atom stereocenters. The molecule has 5 heteroatoms. The zero-order chi connectivity index (χ0) is 13.8. The van der Waals surface area contributed by atoms with Crippen LogP contribution in [-0.4, -0.2) is 24.7 Å². The van der Waals surface area contributed by atoms with Crippen molar-refractivity contribution in [3.8, 4) is 0 Å². The summed E-state index contributed by atoms with van der Waals surface area (Å²) >= 11 is 5.76. The second-order valence-corrected chi connectivity index (χ2v) is 5.07. The van der Waals surface area contributed by atoms with Gasteiger partial charge in [-0.1, -0.05) is 23.7 Å². The van der Waals surface area contributed by atoms with Gasteiger partial charge in [-0.15, -0.1) is 0 Å². The zero-order valence-corrected chi connectivity index (χ0v) is 11.7. The van der Waals surface area contributed by atoms with Crippen molar-refractivity contribution in [1.82, 2.24) is 10.3 Å². The van der Waals surface area contributed by atoms with Gasteiger partial charge in [-0.05, 0) is 29.8 Å². The molecular formula is C15H16ClN3O. The van der Waals surface area contributed by atoms with E-state index in [0.717, 1.165) is 31.1 Å². The monoisotopic (exact) mass is 289 g/mol. The van der Waals surface area contributed by atoms with Crippen molar-refractivity contribution >= 4 is 23.0 Å². The molecule has 1 aliphatic heterocycles. The molecule has 1 fully saturated rings. The molecule has 0 bridgehead atoms. The highest BCUT2D eigenvalue weighted by atomic mass is 35.5. The van der Waals surface area contributed by atoms with Gasteiger partial charge >= 0.3 is 0 Å². The van der Waals surface area contributed by atoms with Crippen molar-refractivity contribution in [2.24, 2.45) is 0 Å². The van der Waals surface area contributed by atoms with E-state index in [1.807, 2.05) is 18.2 Å². The molecule has 0 spiro atoms. The molecule has 0 amide bonds. The van der Waals surface area contributed by atoms with Crippen LogP contribution in [0.1, 0.15) is 11.7 Å². The van der Waals surface area contributed by atoms with E-state index >= 15 is 0 Å². The van der Waals surface area contributed by atoms with Crippen LogP contribution >= 0.6 is 11.6 Å². The van der Waals surface area contributed by atoms with Gasteiger partial charge in [-0.25, -0.2) is 4.98 Å². The quantitative estimate of drug-likeness (QED) is 0.852. The minimum atomic E-state index is 0.148. The number of nitrogens with one attached hydrogen (secondary N) is 2. The molecule has 104 valence electrons. The summed E-state index contributed by atoms with van der Waals surface area (Å²) in [7, 11) is 0. The molecule has 20 heavy (non-hydrogen) atoms. The first-order valence-corrected chi connectivity index (χ1v) is 7.00. The molecule has 1 atom stereocenters. The van der Waals surface area contributed by atoms with Crippen LogP contribution in [0.15, 0.2) is 42.6 Å². The number of hydrogen-bond donors (Lipinski definition) is 2. The SMILES string of the molecule is Clc1ccc(Nc2ccc([C@@H]3CNCCO3)cc2)cn1. The fraction of sp³-hybridized carbons (Fsp3) is 0.267. The first kappa shape index (κ1) is 13.4. The highest BCUT2D eigenvalue weighted by Gasteiger charge is 2.15. The summed E-state index contributed by atoms with van der Waals surface area (Å²) < 4.78 is 5.73. The third-order valence-electron chi connectivity index (χ3n) is 3.23. The smallest absolute Gasteiger partial charge is 0.129 e. The molecular weight excluding hydrogens is 274 g/mol. The second-order valence-electron chi connectivity index (χ2n) is 4.68. The summed E-state index contributed by atoms with van der Waals surface area (Å²) in [4.78, 5) is 4.04. The third kappa shape index (κ3) is 3.28. The van der Waals surface area contributed by atoms with Crippen LogP contribution in [-0.2, 0) is 4.74 Å². The number of morpholine rings is 1. The lowest BCUT2D eigenvalue weighted by molar-refractivity contribution is 0.0277.